The highest BCUT2D eigenvalue weighted by Gasteiger charge is 2.43. The standard InChI is InChI=1S/C23H26N6O3/c1-23(7-8-23)19-13-20(28-32-19)27-22(30)29-10-6-15-11-17(3-4-18(15)29)31-21-12-16(5-9-24-2)25-14-26-21/h3-4,11-14,24H,5-10H2,1-2H3,(H,27,28,30). The second kappa shape index (κ2) is 8.23. The van der Waals surface area contributed by atoms with Crippen LogP contribution in [0, 0.1) is 0 Å². The van der Waals surface area contributed by atoms with Crippen LogP contribution in [0.2, 0.25) is 0 Å². The molecule has 2 aliphatic rings. The molecule has 9 nitrogen and oxygen atoms in total. The minimum absolute atomic E-state index is 0.0734. The molecule has 3 heterocycles. The average molecular weight is 435 g/mol. The van der Waals surface area contributed by atoms with Crippen molar-refractivity contribution in [3.63, 3.8) is 0 Å². The fourth-order valence-electron chi connectivity index (χ4n) is 3.83. The molecule has 3 aromatic rings. The summed E-state index contributed by atoms with van der Waals surface area (Å²) in [6.45, 7) is 3.57. The monoisotopic (exact) mass is 434 g/mol. The number of rotatable bonds is 7. The third kappa shape index (κ3) is 4.16. The molecule has 0 radical (unpaired) electrons. The number of anilines is 2. The molecule has 0 bridgehead atoms. The van der Waals surface area contributed by atoms with Crippen molar-refractivity contribution < 1.29 is 14.1 Å². The zero-order valence-corrected chi connectivity index (χ0v) is 18.2. The van der Waals surface area contributed by atoms with Gasteiger partial charge in [-0.1, -0.05) is 12.1 Å². The van der Waals surface area contributed by atoms with Crippen molar-refractivity contribution in [2.75, 3.05) is 30.4 Å². The topological polar surface area (TPSA) is 105 Å². The fourth-order valence-corrected chi connectivity index (χ4v) is 3.83. The SMILES string of the molecule is CNCCc1cc(Oc2ccc3c(c2)CCN3C(=O)Nc2cc(C3(C)CC3)on2)ncn1. The van der Waals surface area contributed by atoms with Crippen LogP contribution in [-0.4, -0.2) is 41.3 Å². The summed E-state index contributed by atoms with van der Waals surface area (Å²) in [6.07, 6.45) is 5.24. The van der Waals surface area contributed by atoms with E-state index < -0.39 is 0 Å². The Balaban J connectivity index is 1.25. The number of nitrogens with zero attached hydrogens (tertiary/aromatic N) is 4. The maximum atomic E-state index is 12.8. The molecule has 1 aromatic carbocycles. The van der Waals surface area contributed by atoms with Gasteiger partial charge < -0.3 is 14.6 Å². The van der Waals surface area contributed by atoms with Crippen LogP contribution >= 0.6 is 0 Å². The van der Waals surface area contributed by atoms with Crippen molar-refractivity contribution in [1.82, 2.24) is 20.4 Å². The number of likely N-dealkylation sites (N-methyl/N-ethyl adjacent to an activating group) is 1. The zero-order valence-electron chi connectivity index (χ0n) is 18.2. The first-order valence-corrected chi connectivity index (χ1v) is 10.9. The molecule has 166 valence electrons. The van der Waals surface area contributed by atoms with E-state index in [1.165, 1.54) is 6.33 Å². The number of urea groups is 1. The van der Waals surface area contributed by atoms with E-state index >= 15 is 0 Å². The molecule has 5 rings (SSSR count). The second-order valence-electron chi connectivity index (χ2n) is 8.56. The Morgan fingerprint density at radius 3 is 2.94 bits per heavy atom. The van der Waals surface area contributed by atoms with E-state index in [1.54, 1.807) is 4.90 Å². The van der Waals surface area contributed by atoms with Crippen LogP contribution in [0.1, 0.15) is 36.8 Å². The van der Waals surface area contributed by atoms with Crippen LogP contribution in [0.15, 0.2) is 41.2 Å². The van der Waals surface area contributed by atoms with Crippen molar-refractivity contribution in [1.29, 1.82) is 0 Å². The lowest BCUT2D eigenvalue weighted by Crippen LogP contribution is -2.33. The smallest absolute Gasteiger partial charge is 0.327 e. The summed E-state index contributed by atoms with van der Waals surface area (Å²) >= 11 is 0. The highest BCUT2D eigenvalue weighted by Crippen LogP contribution is 2.48. The van der Waals surface area contributed by atoms with Gasteiger partial charge in [0.15, 0.2) is 5.82 Å². The lowest BCUT2D eigenvalue weighted by atomic mass is 10.1. The van der Waals surface area contributed by atoms with Gasteiger partial charge in [-0.3, -0.25) is 10.2 Å². The summed E-state index contributed by atoms with van der Waals surface area (Å²) in [4.78, 5) is 23.0. The van der Waals surface area contributed by atoms with Crippen LogP contribution < -0.4 is 20.3 Å². The Kier molecular flexibility index (Phi) is 5.26. The maximum Gasteiger partial charge on any atom is 0.327 e. The van der Waals surface area contributed by atoms with Crippen molar-refractivity contribution >= 4 is 17.5 Å². The maximum absolute atomic E-state index is 12.8. The van der Waals surface area contributed by atoms with Gasteiger partial charge in [-0.25, -0.2) is 14.8 Å². The lowest BCUT2D eigenvalue weighted by Gasteiger charge is -2.17. The molecule has 2 amide bonds. The number of hydrogen-bond donors (Lipinski definition) is 2. The Morgan fingerprint density at radius 2 is 2.12 bits per heavy atom. The molecule has 0 saturated heterocycles. The van der Waals surface area contributed by atoms with Crippen molar-refractivity contribution in [3.05, 3.63) is 53.7 Å². The van der Waals surface area contributed by atoms with Crippen LogP contribution in [-0.2, 0) is 18.3 Å². The fraction of sp³-hybridized carbons (Fsp3) is 0.391. The summed E-state index contributed by atoms with van der Waals surface area (Å²) in [5.41, 5.74) is 2.91. The minimum atomic E-state index is -0.219. The number of amides is 2. The van der Waals surface area contributed by atoms with Gasteiger partial charge >= 0.3 is 6.03 Å². The number of nitrogens with one attached hydrogen (secondary N) is 2. The predicted molar refractivity (Wildman–Crippen MR) is 119 cm³/mol. The van der Waals surface area contributed by atoms with Gasteiger partial charge in [0, 0.05) is 48.4 Å². The van der Waals surface area contributed by atoms with Gasteiger partial charge in [0.05, 0.1) is 0 Å². The highest BCUT2D eigenvalue weighted by molar-refractivity contribution is 6.02. The zero-order chi connectivity index (χ0) is 22.1. The third-order valence-electron chi connectivity index (χ3n) is 6.08. The van der Waals surface area contributed by atoms with Crippen LogP contribution in [0.3, 0.4) is 0 Å². The van der Waals surface area contributed by atoms with E-state index in [-0.39, 0.29) is 11.4 Å². The number of carbonyl (C=O) groups excluding carboxylic acids is 1. The number of benzene rings is 1. The summed E-state index contributed by atoms with van der Waals surface area (Å²) < 4.78 is 11.4. The Morgan fingerprint density at radius 1 is 1.25 bits per heavy atom. The van der Waals surface area contributed by atoms with Gasteiger partial charge in [-0.05, 0) is 50.1 Å². The normalized spacial score (nSPS) is 16.0. The molecule has 1 fully saturated rings. The van der Waals surface area contributed by atoms with Gasteiger partial charge in [-0.15, -0.1) is 0 Å². The number of carbonyl (C=O) groups is 1. The van der Waals surface area contributed by atoms with E-state index in [0.717, 1.165) is 54.9 Å². The number of fused-ring (bicyclic) bond motifs is 1. The molecule has 1 aliphatic carbocycles. The molecule has 2 N–H and O–H groups in total. The molecule has 2 aromatic heterocycles. The van der Waals surface area contributed by atoms with Gasteiger partial charge in [0.1, 0.15) is 17.8 Å². The van der Waals surface area contributed by atoms with Gasteiger partial charge in [-0.2, -0.15) is 0 Å². The molecular formula is C23H26N6O3. The Labute approximate surface area is 186 Å². The van der Waals surface area contributed by atoms with E-state index in [4.69, 9.17) is 9.26 Å². The van der Waals surface area contributed by atoms with E-state index in [1.807, 2.05) is 37.4 Å². The average Bonchev–Trinajstić information content (AvgIpc) is 3.19. The lowest BCUT2D eigenvalue weighted by molar-refractivity contribution is 0.257. The molecule has 32 heavy (non-hydrogen) atoms. The number of ether oxygens (including phenoxy) is 1. The first kappa shape index (κ1) is 20.4. The van der Waals surface area contributed by atoms with Crippen molar-refractivity contribution in [2.24, 2.45) is 0 Å². The predicted octanol–water partition coefficient (Wildman–Crippen LogP) is 3.66. The van der Waals surface area contributed by atoms with Gasteiger partial charge in [0.2, 0.25) is 5.88 Å². The summed E-state index contributed by atoms with van der Waals surface area (Å²) in [5.74, 6) is 2.47. The summed E-state index contributed by atoms with van der Waals surface area (Å²) in [7, 11) is 1.91. The van der Waals surface area contributed by atoms with Crippen molar-refractivity contribution in [3.8, 4) is 11.6 Å². The number of hydrogen-bond acceptors (Lipinski definition) is 7. The second-order valence-corrected chi connectivity index (χ2v) is 8.56. The van der Waals surface area contributed by atoms with Crippen LogP contribution in [0.25, 0.3) is 0 Å². The molecule has 0 unspecified atom stereocenters. The molecule has 1 saturated carbocycles. The first-order valence-electron chi connectivity index (χ1n) is 10.9. The van der Waals surface area contributed by atoms with E-state index in [2.05, 4.69) is 32.7 Å². The van der Waals surface area contributed by atoms with Crippen molar-refractivity contribution in [2.45, 2.75) is 38.0 Å². The summed E-state index contributed by atoms with van der Waals surface area (Å²) in [6, 6.07) is 9.16. The van der Waals surface area contributed by atoms with Crippen LogP contribution in [0.5, 0.6) is 11.6 Å². The molecule has 0 atom stereocenters. The third-order valence-corrected chi connectivity index (χ3v) is 6.08. The highest BCUT2D eigenvalue weighted by atomic mass is 16.5. The quantitative estimate of drug-likeness (QED) is 0.584. The van der Waals surface area contributed by atoms with Crippen LogP contribution in [0.4, 0.5) is 16.3 Å². The molecular weight excluding hydrogens is 408 g/mol. The van der Waals surface area contributed by atoms with E-state index in [9.17, 15) is 4.79 Å². The first-order chi connectivity index (χ1) is 15.5. The Hall–Kier alpha value is -3.46. The summed E-state index contributed by atoms with van der Waals surface area (Å²) in [5, 5.41) is 9.96. The van der Waals surface area contributed by atoms with E-state index in [0.29, 0.717) is 24.0 Å². The Bertz CT molecular complexity index is 1140. The number of aromatic nitrogens is 3. The largest absolute Gasteiger partial charge is 0.439 e. The minimum Gasteiger partial charge on any atom is -0.439 e. The van der Waals surface area contributed by atoms with Gasteiger partial charge in [0.25, 0.3) is 0 Å². The molecule has 1 aliphatic heterocycles. The molecule has 0 spiro atoms. The molecule has 9 heteroatoms.